The predicted molar refractivity (Wildman–Crippen MR) is 220 cm³/mol. The molecule has 4 N–H and O–H groups in total. The summed E-state index contributed by atoms with van der Waals surface area (Å²) in [5.74, 6) is -5.18. The van der Waals surface area contributed by atoms with E-state index in [1.54, 1.807) is 12.1 Å². The number of aromatic carboxylic acids is 4. The Kier molecular flexibility index (Phi) is 8.82. The van der Waals surface area contributed by atoms with Crippen LogP contribution >= 0.6 is 0 Å². The zero-order chi connectivity index (χ0) is 40.2. The second kappa shape index (κ2) is 14.2. The molecule has 0 aliphatic heterocycles. The summed E-state index contributed by atoms with van der Waals surface area (Å²) in [5, 5.41) is 39.0. The van der Waals surface area contributed by atoms with E-state index in [1.165, 1.54) is 57.6 Å². The van der Waals surface area contributed by atoms with Crippen LogP contribution in [0.3, 0.4) is 0 Å². The molecule has 0 bridgehead atoms. The number of fused-ring (bicyclic) bond motifs is 6. The molecule has 58 heavy (non-hydrogen) atoms. The monoisotopic (exact) mass is 762 g/mol. The molecule has 0 fully saturated rings. The molecule has 8 heteroatoms. The zero-order valence-electron chi connectivity index (χ0n) is 31.0. The van der Waals surface area contributed by atoms with Crippen molar-refractivity contribution in [1.82, 2.24) is 0 Å². The molecule has 2 aliphatic rings. The molecule has 9 rings (SSSR count). The van der Waals surface area contributed by atoms with Crippen molar-refractivity contribution < 1.29 is 39.6 Å². The van der Waals surface area contributed by atoms with Crippen LogP contribution in [0.1, 0.15) is 85.9 Å². The van der Waals surface area contributed by atoms with Gasteiger partial charge in [0, 0.05) is 0 Å². The Hall–Kier alpha value is -7.58. The fraction of sp³-hybridized carbons (Fsp3) is 0.0800. The van der Waals surface area contributed by atoms with E-state index in [9.17, 15) is 39.6 Å². The van der Waals surface area contributed by atoms with E-state index in [0.29, 0.717) is 24.0 Å². The number of hydrogen-bond acceptors (Lipinski definition) is 4. The van der Waals surface area contributed by atoms with Crippen LogP contribution in [0.15, 0.2) is 133 Å². The van der Waals surface area contributed by atoms with Gasteiger partial charge in [0.25, 0.3) is 0 Å². The molecule has 0 unspecified atom stereocenters. The predicted octanol–water partition coefficient (Wildman–Crippen LogP) is 10.1. The van der Waals surface area contributed by atoms with E-state index < -0.39 is 23.9 Å². The van der Waals surface area contributed by atoms with E-state index in [-0.39, 0.29) is 22.3 Å². The van der Waals surface area contributed by atoms with Gasteiger partial charge in [-0.05, 0) is 139 Å². The van der Waals surface area contributed by atoms with Crippen molar-refractivity contribution in [3.63, 3.8) is 0 Å². The highest BCUT2D eigenvalue weighted by molar-refractivity contribution is 6.02. The van der Waals surface area contributed by atoms with E-state index in [4.69, 9.17) is 0 Å². The summed E-state index contributed by atoms with van der Waals surface area (Å²) in [5.41, 5.74) is 15.8. The molecule has 2 aliphatic carbocycles. The Balaban J connectivity index is 1.16. The molecule has 0 saturated carbocycles. The smallest absolute Gasteiger partial charge is 0.336 e. The standard InChI is InChI=1S/C50H34O8/c51-47(52)39-17-9-27(23-43(39)49(55)56)21-33-15-19-37-35-7-3-1-5-31(35)25-41(37)45(33)29-11-13-30(14-12-29)46-34(16-20-38-36-8-4-2-6-32(36)26-42(38)46)22-28-10-18-40(48(53)54)44(24-28)50(57)58/h1-20,23-24H,21-22,25-26H2,(H,51,52)(H,53,54)(H,55,56)(H,57,58). The molecule has 0 saturated heterocycles. The van der Waals surface area contributed by atoms with Gasteiger partial charge in [-0.3, -0.25) is 0 Å². The molecule has 0 heterocycles. The van der Waals surface area contributed by atoms with Crippen molar-refractivity contribution >= 4 is 23.9 Å². The van der Waals surface area contributed by atoms with Crippen molar-refractivity contribution in [3.8, 4) is 44.5 Å². The van der Waals surface area contributed by atoms with Crippen LogP contribution in [-0.4, -0.2) is 44.3 Å². The first-order chi connectivity index (χ1) is 28.0. The van der Waals surface area contributed by atoms with Gasteiger partial charge in [-0.2, -0.15) is 0 Å². The number of rotatable bonds is 10. The zero-order valence-corrected chi connectivity index (χ0v) is 31.0. The second-order valence-electron chi connectivity index (χ2n) is 14.8. The molecule has 0 spiro atoms. The highest BCUT2D eigenvalue weighted by atomic mass is 16.4. The topological polar surface area (TPSA) is 149 Å². The lowest BCUT2D eigenvalue weighted by atomic mass is 9.85. The van der Waals surface area contributed by atoms with Crippen molar-refractivity contribution in [1.29, 1.82) is 0 Å². The van der Waals surface area contributed by atoms with Crippen molar-refractivity contribution in [2.45, 2.75) is 25.7 Å². The van der Waals surface area contributed by atoms with Gasteiger partial charge in [0.2, 0.25) is 0 Å². The molecule has 8 nitrogen and oxygen atoms in total. The van der Waals surface area contributed by atoms with Gasteiger partial charge in [-0.1, -0.05) is 109 Å². The third kappa shape index (κ3) is 6.21. The van der Waals surface area contributed by atoms with Gasteiger partial charge < -0.3 is 20.4 Å². The lowest BCUT2D eigenvalue weighted by Crippen LogP contribution is -2.09. The Labute approximate surface area is 333 Å². The number of carbonyl (C=O) groups is 4. The van der Waals surface area contributed by atoms with Gasteiger partial charge in [0.1, 0.15) is 0 Å². The Morgan fingerprint density at radius 3 is 1.16 bits per heavy atom. The molecule has 0 atom stereocenters. The molecule has 0 radical (unpaired) electrons. The lowest BCUT2D eigenvalue weighted by molar-refractivity contribution is 0.0651. The molecule has 7 aromatic carbocycles. The molecule has 282 valence electrons. The van der Waals surface area contributed by atoms with E-state index in [1.807, 2.05) is 24.3 Å². The van der Waals surface area contributed by atoms with Gasteiger partial charge in [-0.25, -0.2) is 19.2 Å². The van der Waals surface area contributed by atoms with Gasteiger partial charge in [-0.15, -0.1) is 0 Å². The first kappa shape index (κ1) is 36.1. The highest BCUT2D eigenvalue weighted by Crippen LogP contribution is 2.46. The van der Waals surface area contributed by atoms with Crippen LogP contribution in [0.4, 0.5) is 0 Å². The Morgan fingerprint density at radius 1 is 0.397 bits per heavy atom. The van der Waals surface area contributed by atoms with Crippen LogP contribution < -0.4 is 0 Å². The van der Waals surface area contributed by atoms with Crippen molar-refractivity contribution in [2.75, 3.05) is 0 Å². The van der Waals surface area contributed by atoms with E-state index in [2.05, 4.69) is 72.8 Å². The summed E-state index contributed by atoms with van der Waals surface area (Å²) in [7, 11) is 0. The summed E-state index contributed by atoms with van der Waals surface area (Å²) in [6.45, 7) is 0. The van der Waals surface area contributed by atoms with Crippen LogP contribution in [-0.2, 0) is 25.7 Å². The van der Waals surface area contributed by atoms with Gasteiger partial charge >= 0.3 is 23.9 Å². The molecule has 7 aromatic rings. The van der Waals surface area contributed by atoms with Crippen LogP contribution in [0.25, 0.3) is 44.5 Å². The maximum Gasteiger partial charge on any atom is 0.336 e. The summed E-state index contributed by atoms with van der Waals surface area (Å²) in [6, 6.07) is 42.5. The molecular formula is C50H34O8. The van der Waals surface area contributed by atoms with E-state index >= 15 is 0 Å². The summed E-state index contributed by atoms with van der Waals surface area (Å²) in [4.78, 5) is 47.8. The normalized spacial score (nSPS) is 12.0. The largest absolute Gasteiger partial charge is 0.478 e. The minimum atomic E-state index is -1.30. The Morgan fingerprint density at radius 2 is 0.776 bits per heavy atom. The molecular weight excluding hydrogens is 729 g/mol. The molecule has 0 aromatic heterocycles. The van der Waals surface area contributed by atoms with Gasteiger partial charge in [0.05, 0.1) is 22.3 Å². The quantitative estimate of drug-likeness (QED) is 0.108. The van der Waals surface area contributed by atoms with Crippen LogP contribution in [0.2, 0.25) is 0 Å². The summed E-state index contributed by atoms with van der Waals surface area (Å²) >= 11 is 0. The first-order valence-corrected chi connectivity index (χ1v) is 18.8. The average Bonchev–Trinajstić information content (AvgIpc) is 3.79. The SMILES string of the molecule is O=C(O)c1ccc(Cc2ccc3c(c2-c2ccc(-c4c(Cc5ccc(C(=O)O)c(C(=O)O)c5)ccc5c4Cc4ccccc4-5)cc2)Cc2ccccc2-3)cc1C(=O)O. The van der Waals surface area contributed by atoms with E-state index in [0.717, 1.165) is 57.3 Å². The first-order valence-electron chi connectivity index (χ1n) is 18.8. The number of carboxylic acids is 4. The maximum absolute atomic E-state index is 12.1. The fourth-order valence-electron chi connectivity index (χ4n) is 8.91. The molecule has 0 amide bonds. The third-order valence-electron chi connectivity index (χ3n) is 11.5. The number of hydrogen-bond donors (Lipinski definition) is 4. The van der Waals surface area contributed by atoms with Crippen LogP contribution in [0.5, 0.6) is 0 Å². The van der Waals surface area contributed by atoms with Crippen molar-refractivity contribution in [3.05, 3.63) is 200 Å². The minimum Gasteiger partial charge on any atom is -0.478 e. The maximum atomic E-state index is 12.1. The Bertz CT molecular complexity index is 2710. The summed E-state index contributed by atoms with van der Waals surface area (Å²) in [6.07, 6.45) is 2.22. The lowest BCUT2D eigenvalue weighted by Gasteiger charge is -2.19. The second-order valence-corrected chi connectivity index (χ2v) is 14.8. The van der Waals surface area contributed by atoms with Crippen LogP contribution in [0, 0.1) is 0 Å². The average molecular weight is 763 g/mol. The minimum absolute atomic E-state index is 0.255. The fourth-order valence-corrected chi connectivity index (χ4v) is 8.91. The van der Waals surface area contributed by atoms with Gasteiger partial charge in [0.15, 0.2) is 0 Å². The highest BCUT2D eigenvalue weighted by Gasteiger charge is 2.27. The summed E-state index contributed by atoms with van der Waals surface area (Å²) < 4.78 is 0. The third-order valence-corrected chi connectivity index (χ3v) is 11.5. The van der Waals surface area contributed by atoms with Crippen molar-refractivity contribution in [2.24, 2.45) is 0 Å². The number of benzene rings is 7. The number of carboxylic acid groups (broad SMARTS) is 4.